The van der Waals surface area contributed by atoms with Crippen molar-refractivity contribution in [1.29, 1.82) is 0 Å². The quantitative estimate of drug-likeness (QED) is 0.725. The van der Waals surface area contributed by atoms with Gasteiger partial charge in [0, 0.05) is 12.3 Å². The number of benzene rings is 2. The second-order valence-electron chi connectivity index (χ2n) is 5.07. The molecule has 0 aliphatic rings. The van der Waals surface area contributed by atoms with Gasteiger partial charge in [0.05, 0.1) is 21.5 Å². The van der Waals surface area contributed by atoms with Crippen molar-refractivity contribution in [3.8, 4) is 0 Å². The van der Waals surface area contributed by atoms with E-state index in [1.54, 1.807) is 47.3 Å². The lowest BCUT2D eigenvalue weighted by Gasteiger charge is -2.06. The Morgan fingerprint density at radius 2 is 1.75 bits per heavy atom. The predicted molar refractivity (Wildman–Crippen MR) is 95.0 cm³/mol. The molecule has 1 heterocycles. The molecular formula is C16H13Cl2N3O2S. The number of sulfonamides is 1. The first-order chi connectivity index (χ1) is 11.4. The molecule has 0 saturated heterocycles. The van der Waals surface area contributed by atoms with E-state index in [1.807, 2.05) is 6.07 Å². The standard InChI is InChI=1S/C16H13Cl2N3O2S/c17-14-7-6-12(10-15(14)18)11-21-9-8-16(19-21)20-24(22,23)13-4-2-1-3-5-13/h1-10H,11H2,(H,19,20). The van der Waals surface area contributed by atoms with Crippen molar-refractivity contribution < 1.29 is 8.42 Å². The van der Waals surface area contributed by atoms with E-state index in [0.29, 0.717) is 16.6 Å². The smallest absolute Gasteiger partial charge is 0.263 e. The maximum Gasteiger partial charge on any atom is 0.263 e. The molecule has 0 unspecified atom stereocenters. The minimum Gasteiger partial charge on any atom is -0.266 e. The molecule has 0 atom stereocenters. The molecule has 0 aliphatic carbocycles. The Kier molecular flexibility index (Phi) is 4.80. The average Bonchev–Trinajstić information content (AvgIpc) is 2.98. The van der Waals surface area contributed by atoms with E-state index < -0.39 is 10.0 Å². The minimum absolute atomic E-state index is 0.184. The van der Waals surface area contributed by atoms with Gasteiger partial charge in [0.2, 0.25) is 0 Å². The van der Waals surface area contributed by atoms with Crippen LogP contribution in [0.4, 0.5) is 5.82 Å². The summed E-state index contributed by atoms with van der Waals surface area (Å²) in [4.78, 5) is 0.184. The summed E-state index contributed by atoms with van der Waals surface area (Å²) in [5.41, 5.74) is 0.907. The maximum absolute atomic E-state index is 12.3. The monoisotopic (exact) mass is 381 g/mol. The summed E-state index contributed by atoms with van der Waals surface area (Å²) in [5, 5.41) is 5.17. The van der Waals surface area contributed by atoms with E-state index in [1.165, 1.54) is 12.1 Å². The van der Waals surface area contributed by atoms with Crippen LogP contribution in [0, 0.1) is 0 Å². The number of halogens is 2. The molecule has 2 aromatic carbocycles. The lowest BCUT2D eigenvalue weighted by Crippen LogP contribution is -2.13. The predicted octanol–water partition coefficient (Wildman–Crippen LogP) is 4.04. The molecule has 3 rings (SSSR count). The van der Waals surface area contributed by atoms with Crippen LogP contribution in [0.2, 0.25) is 10.0 Å². The largest absolute Gasteiger partial charge is 0.266 e. The van der Waals surface area contributed by atoms with Gasteiger partial charge in [0.25, 0.3) is 10.0 Å². The fourth-order valence-electron chi connectivity index (χ4n) is 2.13. The molecule has 0 radical (unpaired) electrons. The van der Waals surface area contributed by atoms with Crippen LogP contribution in [0.3, 0.4) is 0 Å². The first kappa shape index (κ1) is 16.8. The number of hydrogen-bond donors (Lipinski definition) is 1. The van der Waals surface area contributed by atoms with Crippen molar-refractivity contribution in [2.75, 3.05) is 4.72 Å². The molecule has 24 heavy (non-hydrogen) atoms. The van der Waals surface area contributed by atoms with Crippen LogP contribution in [-0.2, 0) is 16.6 Å². The van der Waals surface area contributed by atoms with E-state index >= 15 is 0 Å². The number of anilines is 1. The molecule has 0 fully saturated rings. The van der Waals surface area contributed by atoms with Crippen LogP contribution < -0.4 is 4.72 Å². The second-order valence-corrected chi connectivity index (χ2v) is 7.56. The minimum atomic E-state index is -3.65. The van der Waals surface area contributed by atoms with Crippen LogP contribution >= 0.6 is 23.2 Å². The van der Waals surface area contributed by atoms with Gasteiger partial charge in [-0.2, -0.15) is 5.10 Å². The van der Waals surface area contributed by atoms with Crippen molar-refractivity contribution >= 4 is 39.0 Å². The second kappa shape index (κ2) is 6.84. The van der Waals surface area contributed by atoms with Crippen LogP contribution in [0.15, 0.2) is 65.7 Å². The number of aromatic nitrogens is 2. The molecule has 3 aromatic rings. The van der Waals surface area contributed by atoms with Crippen molar-refractivity contribution in [2.45, 2.75) is 11.4 Å². The van der Waals surface area contributed by atoms with Gasteiger partial charge in [0.1, 0.15) is 0 Å². The summed E-state index contributed by atoms with van der Waals surface area (Å²) in [5.74, 6) is 0.249. The highest BCUT2D eigenvalue weighted by molar-refractivity contribution is 7.92. The SMILES string of the molecule is O=S(=O)(Nc1ccn(Cc2ccc(Cl)c(Cl)c2)n1)c1ccccc1. The lowest BCUT2D eigenvalue weighted by molar-refractivity contribution is 0.600. The van der Waals surface area contributed by atoms with Crippen LogP contribution in [-0.4, -0.2) is 18.2 Å². The molecule has 0 bridgehead atoms. The van der Waals surface area contributed by atoms with Gasteiger partial charge in [0.15, 0.2) is 5.82 Å². The van der Waals surface area contributed by atoms with Crippen molar-refractivity contribution in [3.63, 3.8) is 0 Å². The molecule has 1 N–H and O–H groups in total. The Hall–Kier alpha value is -2.02. The molecule has 124 valence electrons. The number of hydrogen-bond acceptors (Lipinski definition) is 3. The van der Waals surface area contributed by atoms with E-state index in [9.17, 15) is 8.42 Å². The normalized spacial score (nSPS) is 11.4. The zero-order valence-electron chi connectivity index (χ0n) is 12.4. The Morgan fingerprint density at radius 1 is 1.00 bits per heavy atom. The third-order valence-electron chi connectivity index (χ3n) is 3.26. The third kappa shape index (κ3) is 3.90. The fourth-order valence-corrected chi connectivity index (χ4v) is 3.46. The van der Waals surface area contributed by atoms with E-state index in [2.05, 4.69) is 9.82 Å². The van der Waals surface area contributed by atoms with Crippen LogP contribution in [0.25, 0.3) is 0 Å². The number of rotatable bonds is 5. The van der Waals surface area contributed by atoms with Gasteiger partial charge in [-0.1, -0.05) is 47.5 Å². The Labute approximate surface area is 149 Å². The average molecular weight is 382 g/mol. The molecule has 1 aromatic heterocycles. The third-order valence-corrected chi connectivity index (χ3v) is 5.37. The molecular weight excluding hydrogens is 369 g/mol. The van der Waals surface area contributed by atoms with Gasteiger partial charge in [-0.3, -0.25) is 9.40 Å². The topological polar surface area (TPSA) is 64.0 Å². The molecule has 8 heteroatoms. The van der Waals surface area contributed by atoms with Gasteiger partial charge >= 0.3 is 0 Å². The molecule has 0 amide bonds. The highest BCUT2D eigenvalue weighted by atomic mass is 35.5. The number of nitrogens with zero attached hydrogens (tertiary/aromatic N) is 2. The summed E-state index contributed by atoms with van der Waals surface area (Å²) in [6, 6.07) is 15.0. The molecule has 0 aliphatic heterocycles. The molecule has 0 spiro atoms. The summed E-state index contributed by atoms with van der Waals surface area (Å²) < 4.78 is 28.6. The van der Waals surface area contributed by atoms with E-state index in [4.69, 9.17) is 23.2 Å². The van der Waals surface area contributed by atoms with Gasteiger partial charge in [-0.05, 0) is 29.8 Å². The summed E-state index contributed by atoms with van der Waals surface area (Å²) >= 11 is 11.9. The Bertz CT molecular complexity index is 956. The summed E-state index contributed by atoms with van der Waals surface area (Å²) in [7, 11) is -3.65. The van der Waals surface area contributed by atoms with Crippen molar-refractivity contribution in [2.24, 2.45) is 0 Å². The fraction of sp³-hybridized carbons (Fsp3) is 0.0625. The first-order valence-electron chi connectivity index (χ1n) is 6.99. The lowest BCUT2D eigenvalue weighted by atomic mass is 10.2. The van der Waals surface area contributed by atoms with E-state index in [0.717, 1.165) is 5.56 Å². The van der Waals surface area contributed by atoms with Crippen molar-refractivity contribution in [3.05, 3.63) is 76.4 Å². The summed E-state index contributed by atoms with van der Waals surface area (Å²) in [6.45, 7) is 0.448. The highest BCUT2D eigenvalue weighted by Gasteiger charge is 2.14. The van der Waals surface area contributed by atoms with Crippen LogP contribution in [0.1, 0.15) is 5.56 Å². The van der Waals surface area contributed by atoms with E-state index in [-0.39, 0.29) is 10.7 Å². The van der Waals surface area contributed by atoms with Gasteiger partial charge in [-0.25, -0.2) is 8.42 Å². The number of nitrogens with one attached hydrogen (secondary N) is 1. The summed E-state index contributed by atoms with van der Waals surface area (Å²) in [6.07, 6.45) is 1.69. The highest BCUT2D eigenvalue weighted by Crippen LogP contribution is 2.23. The Balaban J connectivity index is 1.75. The van der Waals surface area contributed by atoms with Crippen LogP contribution in [0.5, 0.6) is 0 Å². The van der Waals surface area contributed by atoms with Gasteiger partial charge < -0.3 is 0 Å². The molecule has 5 nitrogen and oxygen atoms in total. The maximum atomic E-state index is 12.3. The molecule has 0 saturated carbocycles. The zero-order valence-corrected chi connectivity index (χ0v) is 14.7. The van der Waals surface area contributed by atoms with Gasteiger partial charge in [-0.15, -0.1) is 0 Å². The Morgan fingerprint density at radius 3 is 2.46 bits per heavy atom. The van der Waals surface area contributed by atoms with Crippen molar-refractivity contribution in [1.82, 2.24) is 9.78 Å². The first-order valence-corrected chi connectivity index (χ1v) is 9.23. The zero-order chi connectivity index (χ0) is 17.2.